The molecule has 2 aromatic heterocycles. The van der Waals surface area contributed by atoms with Gasteiger partial charge in [-0.1, -0.05) is 0 Å². The smallest absolute Gasteiger partial charge is 0.265 e. The van der Waals surface area contributed by atoms with Crippen molar-refractivity contribution in [3.63, 3.8) is 0 Å². The Morgan fingerprint density at radius 3 is 3.13 bits per heavy atom. The van der Waals surface area contributed by atoms with Crippen molar-refractivity contribution in [2.45, 2.75) is 12.6 Å². The normalized spacial score (nSPS) is 18.4. The second kappa shape index (κ2) is 7.12. The summed E-state index contributed by atoms with van der Waals surface area (Å²) in [6, 6.07) is 1.90. The average Bonchev–Trinajstić information content (AvgIpc) is 3.08. The molecule has 1 amide bonds. The summed E-state index contributed by atoms with van der Waals surface area (Å²) in [4.78, 5) is 29.8. The summed E-state index contributed by atoms with van der Waals surface area (Å²) in [5.41, 5.74) is 2.61. The molecule has 0 aliphatic carbocycles. The first kappa shape index (κ1) is 16.0. The van der Waals surface area contributed by atoms with E-state index in [2.05, 4.69) is 15.0 Å². The zero-order valence-corrected chi connectivity index (χ0v) is 14.0. The summed E-state index contributed by atoms with van der Waals surface area (Å²) in [6.07, 6.45) is 3.06. The van der Waals surface area contributed by atoms with E-state index in [-0.39, 0.29) is 12.0 Å². The number of thiazole rings is 1. The molecule has 0 unspecified atom stereocenters. The number of rotatable bonds is 4. The maximum Gasteiger partial charge on any atom is 0.265 e. The van der Waals surface area contributed by atoms with E-state index >= 15 is 0 Å². The highest BCUT2D eigenvalue weighted by molar-refractivity contribution is 7.11. The summed E-state index contributed by atoms with van der Waals surface area (Å²) >= 11 is 1.35. The highest BCUT2D eigenvalue weighted by atomic mass is 32.1. The second-order valence-corrected chi connectivity index (χ2v) is 6.51. The molecular formula is C15H19N5O2S. The van der Waals surface area contributed by atoms with Crippen LogP contribution < -0.4 is 0 Å². The van der Waals surface area contributed by atoms with Crippen molar-refractivity contribution in [3.05, 3.63) is 40.4 Å². The van der Waals surface area contributed by atoms with Crippen LogP contribution in [0.15, 0.2) is 24.0 Å². The molecule has 0 aromatic carbocycles. The van der Waals surface area contributed by atoms with E-state index in [1.165, 1.54) is 11.3 Å². The number of aromatic nitrogens is 3. The van der Waals surface area contributed by atoms with Crippen molar-refractivity contribution in [1.29, 1.82) is 0 Å². The molecule has 2 aromatic rings. The molecule has 23 heavy (non-hydrogen) atoms. The van der Waals surface area contributed by atoms with Crippen LogP contribution in [0.3, 0.4) is 0 Å². The minimum atomic E-state index is -0.289. The van der Waals surface area contributed by atoms with Gasteiger partial charge in [-0.15, -0.1) is 11.3 Å². The molecule has 1 fully saturated rings. The lowest BCUT2D eigenvalue weighted by Crippen LogP contribution is -2.42. The van der Waals surface area contributed by atoms with E-state index in [0.717, 1.165) is 12.2 Å². The van der Waals surface area contributed by atoms with Crippen LogP contribution in [0, 0.1) is 0 Å². The molecule has 0 N–H and O–H groups in total. The predicted molar refractivity (Wildman–Crippen MR) is 86.1 cm³/mol. The molecule has 1 saturated heterocycles. The fourth-order valence-corrected chi connectivity index (χ4v) is 3.03. The van der Waals surface area contributed by atoms with Crippen LogP contribution in [-0.4, -0.2) is 64.5 Å². The third kappa shape index (κ3) is 3.90. The Hall–Kier alpha value is -1.90. The minimum Gasteiger partial charge on any atom is -0.367 e. The van der Waals surface area contributed by atoms with Crippen molar-refractivity contribution in [2.24, 2.45) is 0 Å². The zero-order chi connectivity index (χ0) is 16.2. The quantitative estimate of drug-likeness (QED) is 0.837. The number of hydrogen-bond donors (Lipinski definition) is 0. The largest absolute Gasteiger partial charge is 0.367 e. The van der Waals surface area contributed by atoms with Crippen molar-refractivity contribution in [2.75, 3.05) is 33.8 Å². The first-order valence-corrected chi connectivity index (χ1v) is 8.27. The van der Waals surface area contributed by atoms with Gasteiger partial charge in [-0.2, -0.15) is 0 Å². The van der Waals surface area contributed by atoms with Crippen LogP contribution in [0.1, 0.15) is 27.3 Å². The van der Waals surface area contributed by atoms with E-state index in [1.807, 2.05) is 25.1 Å². The number of nitrogens with zero attached hydrogens (tertiary/aromatic N) is 5. The number of morpholine rings is 1. The van der Waals surface area contributed by atoms with Crippen molar-refractivity contribution < 1.29 is 9.53 Å². The molecule has 1 aliphatic heterocycles. The van der Waals surface area contributed by atoms with Crippen LogP contribution in [0.4, 0.5) is 0 Å². The number of hydrogen-bond acceptors (Lipinski definition) is 7. The Balaban J connectivity index is 1.72. The number of carbonyl (C=O) groups excluding carboxylic acids is 1. The van der Waals surface area contributed by atoms with Crippen molar-refractivity contribution in [3.8, 4) is 0 Å². The van der Waals surface area contributed by atoms with Gasteiger partial charge in [0.1, 0.15) is 11.0 Å². The third-order valence-corrected chi connectivity index (χ3v) is 4.26. The number of amides is 1. The Kier molecular flexibility index (Phi) is 4.94. The molecule has 7 nitrogen and oxygen atoms in total. The van der Waals surface area contributed by atoms with E-state index in [9.17, 15) is 4.79 Å². The lowest BCUT2D eigenvalue weighted by Gasteiger charge is -2.32. The highest BCUT2D eigenvalue weighted by Gasteiger charge is 2.28. The molecule has 3 rings (SSSR count). The summed E-state index contributed by atoms with van der Waals surface area (Å²) in [5.74, 6) is 0.622. The van der Waals surface area contributed by atoms with Gasteiger partial charge in [0.25, 0.3) is 5.91 Å². The Labute approximate surface area is 138 Å². The first-order chi connectivity index (χ1) is 11.1. The monoisotopic (exact) mass is 333 g/mol. The summed E-state index contributed by atoms with van der Waals surface area (Å²) in [5, 5.41) is 0. The van der Waals surface area contributed by atoms with E-state index < -0.39 is 0 Å². The fourth-order valence-electron chi connectivity index (χ4n) is 2.45. The van der Waals surface area contributed by atoms with Gasteiger partial charge in [0, 0.05) is 19.3 Å². The van der Waals surface area contributed by atoms with Crippen molar-refractivity contribution in [1.82, 2.24) is 24.8 Å². The van der Waals surface area contributed by atoms with Crippen LogP contribution in [-0.2, 0) is 11.3 Å². The standard InChI is InChI=1S/C15H19N5O2S/c1-19(2)8-11-3-4-17-14(18-11)12-9-20(5-6-22-12)15(21)13-7-16-10-23-13/h3-4,7,10,12H,5-6,8-9H2,1-2H3/t12-/m0/s1. The van der Waals surface area contributed by atoms with E-state index in [0.29, 0.717) is 30.4 Å². The minimum absolute atomic E-state index is 0.00903. The Morgan fingerprint density at radius 1 is 1.52 bits per heavy atom. The first-order valence-electron chi connectivity index (χ1n) is 7.39. The van der Waals surface area contributed by atoms with Gasteiger partial charge in [0.2, 0.25) is 0 Å². The Morgan fingerprint density at radius 2 is 2.39 bits per heavy atom. The zero-order valence-electron chi connectivity index (χ0n) is 13.2. The Bertz CT molecular complexity index is 662. The summed E-state index contributed by atoms with van der Waals surface area (Å²) < 4.78 is 5.78. The van der Waals surface area contributed by atoms with Gasteiger partial charge in [0.05, 0.1) is 30.6 Å². The molecule has 0 saturated carbocycles. The molecular weight excluding hydrogens is 314 g/mol. The SMILES string of the molecule is CN(C)Cc1ccnc([C@@H]2CN(C(=O)c3cncs3)CCO2)n1. The van der Waals surface area contributed by atoms with Gasteiger partial charge in [0.15, 0.2) is 5.82 Å². The lowest BCUT2D eigenvalue weighted by atomic mass is 10.2. The van der Waals surface area contributed by atoms with Crippen molar-refractivity contribution >= 4 is 17.2 Å². The maximum atomic E-state index is 12.4. The summed E-state index contributed by atoms with van der Waals surface area (Å²) in [7, 11) is 3.99. The van der Waals surface area contributed by atoms with E-state index in [4.69, 9.17) is 4.74 Å². The van der Waals surface area contributed by atoms with Crippen LogP contribution in [0.25, 0.3) is 0 Å². The lowest BCUT2D eigenvalue weighted by molar-refractivity contribution is -0.0267. The molecule has 8 heteroatoms. The van der Waals surface area contributed by atoms with Gasteiger partial charge in [-0.3, -0.25) is 9.78 Å². The maximum absolute atomic E-state index is 12.4. The summed E-state index contributed by atoms with van der Waals surface area (Å²) in [6.45, 7) is 2.26. The molecule has 0 bridgehead atoms. The second-order valence-electron chi connectivity index (χ2n) is 5.62. The number of ether oxygens (including phenoxy) is 1. The van der Waals surface area contributed by atoms with Crippen LogP contribution in [0.5, 0.6) is 0 Å². The molecule has 3 heterocycles. The van der Waals surface area contributed by atoms with Gasteiger partial charge < -0.3 is 14.5 Å². The molecule has 122 valence electrons. The van der Waals surface area contributed by atoms with Gasteiger partial charge >= 0.3 is 0 Å². The average molecular weight is 333 g/mol. The predicted octanol–water partition coefficient (Wildman–Crippen LogP) is 1.21. The fraction of sp³-hybridized carbons (Fsp3) is 0.467. The van der Waals surface area contributed by atoms with Crippen LogP contribution in [0.2, 0.25) is 0 Å². The molecule has 1 atom stereocenters. The van der Waals surface area contributed by atoms with Gasteiger partial charge in [-0.25, -0.2) is 9.97 Å². The van der Waals surface area contributed by atoms with E-state index in [1.54, 1.807) is 22.8 Å². The van der Waals surface area contributed by atoms with Gasteiger partial charge in [-0.05, 0) is 20.2 Å². The third-order valence-electron chi connectivity index (χ3n) is 3.49. The van der Waals surface area contributed by atoms with Crippen LogP contribution >= 0.6 is 11.3 Å². The topological polar surface area (TPSA) is 71.5 Å². The highest BCUT2D eigenvalue weighted by Crippen LogP contribution is 2.21. The number of carbonyl (C=O) groups is 1. The molecule has 0 radical (unpaired) electrons. The molecule has 1 aliphatic rings. The molecule has 0 spiro atoms.